The summed E-state index contributed by atoms with van der Waals surface area (Å²) in [4.78, 5) is 21.6. The highest BCUT2D eigenvalue weighted by atomic mass is 35.5. The molecule has 1 heterocycles. The molecule has 2 saturated carbocycles. The lowest BCUT2D eigenvalue weighted by atomic mass is 9.65. The van der Waals surface area contributed by atoms with Crippen LogP contribution < -0.4 is 5.32 Å². The van der Waals surface area contributed by atoms with Crippen molar-refractivity contribution in [2.75, 3.05) is 14.2 Å². The van der Waals surface area contributed by atoms with Gasteiger partial charge >= 0.3 is 0 Å². The van der Waals surface area contributed by atoms with Gasteiger partial charge in [0.1, 0.15) is 9.75 Å². The van der Waals surface area contributed by atoms with Crippen LogP contribution in [0.4, 0.5) is 0 Å². The minimum absolute atomic E-state index is 0.189. The number of methoxy groups -OCH3 is 2. The number of alkyl halides is 2. The molecule has 1 N–H and O–H groups in total. The first kappa shape index (κ1) is 17.4. The van der Waals surface area contributed by atoms with Gasteiger partial charge in [-0.05, 0) is 24.7 Å². The van der Waals surface area contributed by atoms with Crippen molar-refractivity contribution in [1.82, 2.24) is 5.32 Å². The molecule has 2 amide bonds. The molecule has 3 aliphatic carbocycles. The number of hydrogen-bond donors (Lipinski definition) is 1. The molecule has 3 fully saturated rings. The molecule has 132 valence electrons. The van der Waals surface area contributed by atoms with Crippen LogP contribution >= 0.6 is 46.4 Å². The number of carbonyl (C=O) groups is 2. The van der Waals surface area contributed by atoms with E-state index in [9.17, 15) is 9.59 Å². The number of rotatable bonds is 2. The van der Waals surface area contributed by atoms with Gasteiger partial charge in [-0.15, -0.1) is 23.2 Å². The Kier molecular flexibility index (Phi) is 3.64. The molecule has 0 aromatic carbocycles. The number of imide groups is 1. The Balaban J connectivity index is 1.90. The van der Waals surface area contributed by atoms with E-state index in [1.54, 1.807) is 0 Å². The zero-order valence-electron chi connectivity index (χ0n) is 12.9. The van der Waals surface area contributed by atoms with E-state index in [-0.39, 0.29) is 33.7 Å². The van der Waals surface area contributed by atoms with Gasteiger partial charge in [-0.1, -0.05) is 23.2 Å². The molecular weight excluding hydrogens is 400 g/mol. The number of carbonyl (C=O) groups excluding carboxylic acids is 2. The predicted molar refractivity (Wildman–Crippen MR) is 89.0 cm³/mol. The molecule has 9 heteroatoms. The molecule has 6 atom stereocenters. The monoisotopic (exact) mass is 413 g/mol. The Bertz CT molecular complexity index is 641. The Morgan fingerprint density at radius 1 is 0.917 bits per heavy atom. The summed E-state index contributed by atoms with van der Waals surface area (Å²) in [6, 6.07) is 0. The quantitative estimate of drug-likeness (QED) is 0.428. The van der Waals surface area contributed by atoms with Crippen LogP contribution in [0.3, 0.4) is 0 Å². The first-order chi connectivity index (χ1) is 11.2. The second-order valence-corrected chi connectivity index (χ2v) is 8.78. The van der Waals surface area contributed by atoms with Gasteiger partial charge < -0.3 is 9.47 Å². The van der Waals surface area contributed by atoms with Crippen molar-refractivity contribution in [3.8, 4) is 0 Å². The summed E-state index contributed by atoms with van der Waals surface area (Å²) in [5, 5.41) is 2.77. The number of halogens is 4. The maximum absolute atomic E-state index is 12.1. The molecule has 0 radical (unpaired) electrons. The molecule has 0 spiro atoms. The highest BCUT2D eigenvalue weighted by Crippen LogP contribution is 2.76. The van der Waals surface area contributed by atoms with Crippen LogP contribution in [0.15, 0.2) is 10.1 Å². The Hall–Kier alpha value is -0.0400. The highest BCUT2D eigenvalue weighted by molar-refractivity contribution is 6.52. The number of amides is 2. The van der Waals surface area contributed by atoms with E-state index < -0.39 is 27.4 Å². The van der Waals surface area contributed by atoms with Gasteiger partial charge in [-0.2, -0.15) is 0 Å². The first-order valence-electron chi connectivity index (χ1n) is 7.59. The van der Waals surface area contributed by atoms with Crippen LogP contribution in [0.2, 0.25) is 0 Å². The van der Waals surface area contributed by atoms with E-state index in [0.717, 1.165) is 0 Å². The van der Waals surface area contributed by atoms with Crippen molar-refractivity contribution >= 4 is 58.2 Å². The normalized spacial score (nSPS) is 48.6. The topological polar surface area (TPSA) is 64.6 Å². The van der Waals surface area contributed by atoms with Crippen LogP contribution in [-0.2, 0) is 19.1 Å². The molecule has 4 aliphatic rings. The second-order valence-electron chi connectivity index (χ2n) is 6.83. The van der Waals surface area contributed by atoms with Crippen LogP contribution in [0.1, 0.15) is 12.8 Å². The van der Waals surface area contributed by atoms with E-state index in [1.165, 1.54) is 14.2 Å². The van der Waals surface area contributed by atoms with Gasteiger partial charge in [-0.25, -0.2) is 0 Å². The third kappa shape index (κ3) is 1.51. The lowest BCUT2D eigenvalue weighted by molar-refractivity contribution is -0.220. The van der Waals surface area contributed by atoms with Crippen molar-refractivity contribution in [1.29, 1.82) is 0 Å². The van der Waals surface area contributed by atoms with E-state index in [0.29, 0.717) is 12.8 Å². The molecule has 2 bridgehead atoms. The van der Waals surface area contributed by atoms with E-state index in [2.05, 4.69) is 5.32 Å². The lowest BCUT2D eigenvalue weighted by Crippen LogP contribution is -2.57. The number of hydrogen-bond acceptors (Lipinski definition) is 4. The maximum Gasteiger partial charge on any atom is 0.230 e. The SMILES string of the molecule is COC1(OC)[C@@]2(Cl)C(Cl)=C(Cl)[C@]1(Cl)[C@@H]1C[C@H]3C(=O)NC(=O)[C@H]3C[C@@H]12. The zero-order chi connectivity index (χ0) is 17.7. The average Bonchev–Trinajstić information content (AvgIpc) is 2.99. The van der Waals surface area contributed by atoms with Gasteiger partial charge in [0.2, 0.25) is 17.6 Å². The number of fused-ring (bicyclic) bond motifs is 6. The highest BCUT2D eigenvalue weighted by Gasteiger charge is 2.85. The van der Waals surface area contributed by atoms with Crippen LogP contribution in [0, 0.1) is 23.7 Å². The largest absolute Gasteiger partial charge is 0.350 e. The van der Waals surface area contributed by atoms with Crippen molar-refractivity contribution in [3.05, 3.63) is 10.1 Å². The third-order valence-corrected chi connectivity index (χ3v) is 8.99. The van der Waals surface area contributed by atoms with Crippen molar-refractivity contribution in [3.63, 3.8) is 0 Å². The van der Waals surface area contributed by atoms with Crippen LogP contribution in [0.25, 0.3) is 0 Å². The fourth-order valence-corrected chi connectivity index (χ4v) is 7.58. The van der Waals surface area contributed by atoms with Crippen LogP contribution in [0.5, 0.6) is 0 Å². The molecule has 1 saturated heterocycles. The Labute approximate surface area is 158 Å². The molecule has 24 heavy (non-hydrogen) atoms. The summed E-state index contributed by atoms with van der Waals surface area (Å²) in [6.45, 7) is 0. The summed E-state index contributed by atoms with van der Waals surface area (Å²) < 4.78 is 11.3. The standard InChI is InChI=1S/C15H15Cl4NO4/c1-23-15(24-2)13(18)7-3-5-6(12(22)20-11(5)21)4-8(7)14(15,19)10(17)9(13)16/h5-8H,3-4H2,1-2H3,(H,20,21,22)/t5-,6+,7-,8+,13-,14+. The Morgan fingerprint density at radius 2 is 1.29 bits per heavy atom. The molecule has 5 nitrogen and oxygen atoms in total. The summed E-state index contributed by atoms with van der Waals surface area (Å²) in [5.41, 5.74) is 0. The number of nitrogens with one attached hydrogen (secondary N) is 1. The first-order valence-corrected chi connectivity index (χ1v) is 9.11. The fraction of sp³-hybridized carbons (Fsp3) is 0.733. The molecule has 0 aromatic rings. The summed E-state index contributed by atoms with van der Waals surface area (Å²) in [6.07, 6.45) is 0.749. The van der Waals surface area contributed by atoms with Gasteiger partial charge in [0.15, 0.2) is 0 Å². The summed E-state index contributed by atoms with van der Waals surface area (Å²) >= 11 is 26.9. The molecule has 0 unspecified atom stereocenters. The lowest BCUT2D eigenvalue weighted by Gasteiger charge is -2.42. The maximum atomic E-state index is 12.1. The summed E-state index contributed by atoms with van der Waals surface area (Å²) in [5.74, 6) is -3.50. The van der Waals surface area contributed by atoms with Gasteiger partial charge in [0.05, 0.1) is 21.9 Å². The Morgan fingerprint density at radius 3 is 1.62 bits per heavy atom. The molecular formula is C15H15Cl4NO4. The van der Waals surface area contributed by atoms with Gasteiger partial charge in [0, 0.05) is 14.2 Å². The van der Waals surface area contributed by atoms with E-state index in [1.807, 2.05) is 0 Å². The smallest absolute Gasteiger partial charge is 0.230 e. The van der Waals surface area contributed by atoms with Gasteiger partial charge in [0.25, 0.3) is 0 Å². The zero-order valence-corrected chi connectivity index (χ0v) is 15.9. The average molecular weight is 415 g/mol. The van der Waals surface area contributed by atoms with E-state index >= 15 is 0 Å². The second kappa shape index (κ2) is 5.02. The molecule has 1 aliphatic heterocycles. The molecule has 0 aromatic heterocycles. The minimum atomic E-state index is -1.47. The third-order valence-electron chi connectivity index (χ3n) is 6.29. The minimum Gasteiger partial charge on any atom is -0.350 e. The number of ether oxygens (including phenoxy) is 2. The van der Waals surface area contributed by atoms with Crippen LogP contribution in [-0.4, -0.2) is 41.6 Å². The predicted octanol–water partition coefficient (Wildman–Crippen LogP) is 2.56. The van der Waals surface area contributed by atoms with Gasteiger partial charge in [-0.3, -0.25) is 14.9 Å². The molecule has 4 rings (SSSR count). The van der Waals surface area contributed by atoms with E-state index in [4.69, 9.17) is 55.9 Å². The summed E-state index contributed by atoms with van der Waals surface area (Å²) in [7, 11) is 2.88. The van der Waals surface area contributed by atoms with Crippen molar-refractivity contribution in [2.24, 2.45) is 23.7 Å². The van der Waals surface area contributed by atoms with Crippen molar-refractivity contribution < 1.29 is 19.1 Å². The van der Waals surface area contributed by atoms with Crippen molar-refractivity contribution in [2.45, 2.75) is 28.4 Å². The fourth-order valence-electron chi connectivity index (χ4n) is 5.33.